The van der Waals surface area contributed by atoms with E-state index in [4.69, 9.17) is 5.11 Å². The maximum atomic E-state index is 12.3. The molecule has 0 unspecified atom stereocenters. The van der Waals surface area contributed by atoms with Crippen molar-refractivity contribution in [1.29, 1.82) is 0 Å². The van der Waals surface area contributed by atoms with E-state index in [1.165, 1.54) is 6.07 Å². The van der Waals surface area contributed by atoms with Gasteiger partial charge in [0, 0.05) is 14.6 Å². The maximum Gasteiger partial charge on any atom is 0.336 e. The first-order chi connectivity index (χ1) is 9.90. The zero-order chi connectivity index (χ0) is 15.6. The topological polar surface area (TPSA) is 66.4 Å². The molecule has 0 spiro atoms. The van der Waals surface area contributed by atoms with Gasteiger partial charge in [-0.2, -0.15) is 0 Å². The van der Waals surface area contributed by atoms with E-state index >= 15 is 0 Å². The summed E-state index contributed by atoms with van der Waals surface area (Å²) in [6.45, 7) is 1.66. The average Bonchev–Trinajstić information content (AvgIpc) is 2.40. The van der Waals surface area contributed by atoms with E-state index in [1.807, 2.05) is 0 Å². The Morgan fingerprint density at radius 1 is 1.10 bits per heavy atom. The number of aromatic carboxylic acids is 1. The van der Waals surface area contributed by atoms with Crippen LogP contribution in [0.25, 0.3) is 0 Å². The summed E-state index contributed by atoms with van der Waals surface area (Å²) in [5.74, 6) is -1.33. The minimum absolute atomic E-state index is 0.169. The van der Waals surface area contributed by atoms with Crippen molar-refractivity contribution in [2.75, 3.05) is 5.32 Å². The lowest BCUT2D eigenvalue weighted by Gasteiger charge is -2.11. The van der Waals surface area contributed by atoms with Crippen molar-refractivity contribution in [2.45, 2.75) is 6.92 Å². The summed E-state index contributed by atoms with van der Waals surface area (Å²) in [5.41, 5.74) is 1.64. The minimum atomic E-state index is -1.02. The molecule has 0 aliphatic heterocycles. The predicted molar refractivity (Wildman–Crippen MR) is 87.9 cm³/mol. The van der Waals surface area contributed by atoms with Gasteiger partial charge in [0.2, 0.25) is 0 Å². The molecule has 0 saturated heterocycles. The van der Waals surface area contributed by atoms with Crippen LogP contribution >= 0.6 is 31.9 Å². The fourth-order valence-electron chi connectivity index (χ4n) is 1.87. The van der Waals surface area contributed by atoms with Gasteiger partial charge in [-0.1, -0.05) is 22.0 Å². The number of amides is 1. The van der Waals surface area contributed by atoms with E-state index in [2.05, 4.69) is 37.2 Å². The van der Waals surface area contributed by atoms with Crippen molar-refractivity contribution in [1.82, 2.24) is 0 Å². The molecular formula is C15H11Br2NO3. The van der Waals surface area contributed by atoms with Crippen molar-refractivity contribution < 1.29 is 14.7 Å². The molecule has 1 amide bonds. The molecule has 0 saturated carbocycles. The minimum Gasteiger partial charge on any atom is -0.478 e. The van der Waals surface area contributed by atoms with E-state index < -0.39 is 5.97 Å². The van der Waals surface area contributed by atoms with E-state index in [9.17, 15) is 9.59 Å². The normalized spacial score (nSPS) is 10.2. The number of nitrogens with one attached hydrogen (secondary N) is 1. The third-order valence-electron chi connectivity index (χ3n) is 2.99. The first kappa shape index (κ1) is 15.7. The SMILES string of the molecule is Cc1c(NC(=O)c2ccc(Br)cc2Br)cccc1C(=O)O. The highest BCUT2D eigenvalue weighted by atomic mass is 79.9. The number of carbonyl (C=O) groups is 2. The fraction of sp³-hybridized carbons (Fsp3) is 0.0667. The van der Waals surface area contributed by atoms with Gasteiger partial charge in [-0.25, -0.2) is 4.79 Å². The van der Waals surface area contributed by atoms with Gasteiger partial charge in [-0.3, -0.25) is 4.79 Å². The monoisotopic (exact) mass is 411 g/mol. The van der Waals surface area contributed by atoms with Gasteiger partial charge in [0.05, 0.1) is 11.1 Å². The Kier molecular flexibility index (Phi) is 4.80. The van der Waals surface area contributed by atoms with Crippen LogP contribution in [0.3, 0.4) is 0 Å². The molecule has 0 aliphatic rings. The molecule has 0 atom stereocenters. The molecule has 0 fully saturated rings. The van der Waals surface area contributed by atoms with Crippen LogP contribution in [0.1, 0.15) is 26.3 Å². The van der Waals surface area contributed by atoms with Gasteiger partial charge in [0.1, 0.15) is 0 Å². The number of carboxylic acids is 1. The highest BCUT2D eigenvalue weighted by molar-refractivity contribution is 9.11. The Morgan fingerprint density at radius 3 is 2.43 bits per heavy atom. The van der Waals surface area contributed by atoms with Gasteiger partial charge in [-0.15, -0.1) is 0 Å². The molecule has 21 heavy (non-hydrogen) atoms. The molecule has 2 rings (SSSR count). The summed E-state index contributed by atoms with van der Waals surface area (Å²) >= 11 is 6.65. The van der Waals surface area contributed by atoms with E-state index in [1.54, 1.807) is 37.3 Å². The Bertz CT molecular complexity index is 729. The highest BCUT2D eigenvalue weighted by Crippen LogP contribution is 2.24. The summed E-state index contributed by atoms with van der Waals surface area (Å²) in [5, 5.41) is 11.8. The number of hydrogen-bond acceptors (Lipinski definition) is 2. The zero-order valence-corrected chi connectivity index (χ0v) is 14.2. The molecule has 2 N–H and O–H groups in total. The first-order valence-corrected chi connectivity index (χ1v) is 7.58. The predicted octanol–water partition coefficient (Wildman–Crippen LogP) is 4.47. The second-order valence-electron chi connectivity index (χ2n) is 4.36. The summed E-state index contributed by atoms with van der Waals surface area (Å²) < 4.78 is 1.51. The third kappa shape index (κ3) is 3.51. The Balaban J connectivity index is 2.32. The summed E-state index contributed by atoms with van der Waals surface area (Å²) in [4.78, 5) is 23.4. The smallest absolute Gasteiger partial charge is 0.336 e. The molecule has 4 nitrogen and oxygen atoms in total. The zero-order valence-electron chi connectivity index (χ0n) is 11.0. The third-order valence-corrected chi connectivity index (χ3v) is 4.14. The van der Waals surface area contributed by atoms with Crippen LogP contribution in [0, 0.1) is 6.92 Å². The van der Waals surface area contributed by atoms with E-state index in [-0.39, 0.29) is 11.5 Å². The summed E-state index contributed by atoms with van der Waals surface area (Å²) in [6, 6.07) is 9.99. The van der Waals surface area contributed by atoms with Crippen LogP contribution in [-0.4, -0.2) is 17.0 Å². The van der Waals surface area contributed by atoms with Crippen LogP contribution in [0.5, 0.6) is 0 Å². The molecule has 2 aromatic rings. The van der Waals surface area contributed by atoms with Crippen LogP contribution in [-0.2, 0) is 0 Å². The van der Waals surface area contributed by atoms with Crippen LogP contribution in [0.15, 0.2) is 45.3 Å². The number of rotatable bonds is 3. The molecular weight excluding hydrogens is 402 g/mol. The summed E-state index contributed by atoms with van der Waals surface area (Å²) in [6.07, 6.45) is 0. The lowest BCUT2D eigenvalue weighted by atomic mass is 10.1. The maximum absolute atomic E-state index is 12.3. The number of halogens is 2. The number of hydrogen-bond donors (Lipinski definition) is 2. The first-order valence-electron chi connectivity index (χ1n) is 5.99. The van der Waals surface area contributed by atoms with Crippen molar-refractivity contribution in [2.24, 2.45) is 0 Å². The van der Waals surface area contributed by atoms with Gasteiger partial charge in [-0.05, 0) is 58.7 Å². The van der Waals surface area contributed by atoms with Crippen molar-refractivity contribution >= 4 is 49.4 Å². The fourth-order valence-corrected chi connectivity index (χ4v) is 3.09. The van der Waals surface area contributed by atoms with Crippen LogP contribution < -0.4 is 5.32 Å². The van der Waals surface area contributed by atoms with E-state index in [0.717, 1.165) is 4.47 Å². The standard InChI is InChI=1S/C15H11Br2NO3/c1-8-10(15(20)21)3-2-4-13(8)18-14(19)11-6-5-9(16)7-12(11)17/h2-7H,1H3,(H,18,19)(H,20,21). The van der Waals surface area contributed by atoms with Crippen molar-refractivity contribution in [3.05, 3.63) is 62.0 Å². The quantitative estimate of drug-likeness (QED) is 0.781. The van der Waals surface area contributed by atoms with Crippen molar-refractivity contribution in [3.63, 3.8) is 0 Å². The molecule has 6 heteroatoms. The number of anilines is 1. The van der Waals surface area contributed by atoms with Gasteiger partial charge in [0.15, 0.2) is 0 Å². The Labute approximate surface area is 138 Å². The van der Waals surface area contributed by atoms with Gasteiger partial charge >= 0.3 is 5.97 Å². The highest BCUT2D eigenvalue weighted by Gasteiger charge is 2.14. The Morgan fingerprint density at radius 2 is 1.81 bits per heavy atom. The van der Waals surface area contributed by atoms with E-state index in [0.29, 0.717) is 21.3 Å². The number of carbonyl (C=O) groups excluding carboxylic acids is 1. The van der Waals surface area contributed by atoms with Gasteiger partial charge in [0.25, 0.3) is 5.91 Å². The molecule has 0 aliphatic carbocycles. The van der Waals surface area contributed by atoms with Crippen molar-refractivity contribution in [3.8, 4) is 0 Å². The molecule has 108 valence electrons. The molecule has 0 radical (unpaired) electrons. The molecule has 2 aromatic carbocycles. The lowest BCUT2D eigenvalue weighted by Crippen LogP contribution is -2.14. The Hall–Kier alpha value is -1.66. The second kappa shape index (κ2) is 6.41. The average molecular weight is 413 g/mol. The molecule has 0 heterocycles. The largest absolute Gasteiger partial charge is 0.478 e. The lowest BCUT2D eigenvalue weighted by molar-refractivity contribution is 0.0695. The molecule has 0 aromatic heterocycles. The second-order valence-corrected chi connectivity index (χ2v) is 6.13. The van der Waals surface area contributed by atoms with Gasteiger partial charge < -0.3 is 10.4 Å². The number of benzene rings is 2. The van der Waals surface area contributed by atoms with Crippen LogP contribution in [0.4, 0.5) is 5.69 Å². The number of carboxylic acid groups (broad SMARTS) is 1. The molecule has 0 bridgehead atoms. The van der Waals surface area contributed by atoms with Crippen LogP contribution in [0.2, 0.25) is 0 Å². The summed E-state index contributed by atoms with van der Waals surface area (Å²) in [7, 11) is 0.